The van der Waals surface area contributed by atoms with E-state index >= 15 is 0 Å². The van der Waals surface area contributed by atoms with Crippen LogP contribution in [0.25, 0.3) is 0 Å². The normalized spacial score (nSPS) is 16.0. The molecule has 0 aromatic carbocycles. The highest BCUT2D eigenvalue weighted by Crippen LogP contribution is 1.99. The molecule has 0 radical (unpaired) electrons. The first-order valence-electron chi connectivity index (χ1n) is 14.0. The number of hydrogen-bond acceptors (Lipinski definition) is 17. The van der Waals surface area contributed by atoms with Crippen LogP contribution < -0.4 is 0 Å². The zero-order valence-electron chi connectivity index (χ0n) is 27.2. The topological polar surface area (TPSA) is 234 Å². The van der Waals surface area contributed by atoms with Crippen LogP contribution in [0, 0.1) is 0 Å². The van der Waals surface area contributed by atoms with Gasteiger partial charge in [0.15, 0.2) is 0 Å². The number of aliphatic hydroxyl groups is 7. The first-order valence-corrected chi connectivity index (χ1v) is 14.0. The predicted octanol–water partition coefficient (Wildman–Crippen LogP) is -3.57. The quantitative estimate of drug-likeness (QED) is 0.0431. The molecule has 17 nitrogen and oxygen atoms in total. The lowest BCUT2D eigenvalue weighted by Gasteiger charge is -2.19. The molecule has 44 heavy (non-hydrogen) atoms. The minimum Gasteiger partial charge on any atom is -0.394 e. The van der Waals surface area contributed by atoms with Gasteiger partial charge in [0.1, 0.15) is 42.7 Å². The second kappa shape index (κ2) is 36.8. The van der Waals surface area contributed by atoms with Crippen molar-refractivity contribution in [3.63, 3.8) is 0 Å². The number of hydrogen-bond donors (Lipinski definition) is 7. The summed E-state index contributed by atoms with van der Waals surface area (Å²) in [6, 6.07) is 0. The summed E-state index contributed by atoms with van der Waals surface area (Å²) >= 11 is 0. The highest BCUT2D eigenvalue weighted by Gasteiger charge is 2.14. The second-order valence-corrected chi connectivity index (χ2v) is 9.35. The summed E-state index contributed by atoms with van der Waals surface area (Å²) < 4.78 is 49.3. The van der Waals surface area contributed by atoms with Crippen LogP contribution in [-0.4, -0.2) is 214 Å². The van der Waals surface area contributed by atoms with E-state index in [-0.39, 0.29) is 91.5 Å². The van der Waals surface area contributed by atoms with E-state index in [2.05, 4.69) is 0 Å². The van der Waals surface area contributed by atoms with Gasteiger partial charge in [-0.25, -0.2) is 0 Å². The summed E-state index contributed by atoms with van der Waals surface area (Å²) in [7, 11) is 9.06. The maximum Gasteiger partial charge on any atom is 0.104 e. The van der Waals surface area contributed by atoms with Gasteiger partial charge in [-0.1, -0.05) is 0 Å². The Morgan fingerprint density at radius 3 is 1.02 bits per heavy atom. The lowest BCUT2D eigenvalue weighted by molar-refractivity contribution is -0.0936. The summed E-state index contributed by atoms with van der Waals surface area (Å²) in [5.74, 6) is 0. The van der Waals surface area contributed by atoms with Crippen LogP contribution in [0.2, 0.25) is 0 Å². The molecule has 0 saturated carbocycles. The Balaban J connectivity index is -0.000000585. The van der Waals surface area contributed by atoms with Crippen LogP contribution in [0.3, 0.4) is 0 Å². The van der Waals surface area contributed by atoms with Gasteiger partial charge in [0.25, 0.3) is 0 Å². The summed E-state index contributed by atoms with van der Waals surface area (Å²) in [4.78, 5) is 0. The Kier molecular flexibility index (Phi) is 39.9. The molecule has 0 rings (SSSR count). The molecule has 0 fully saturated rings. The molecule has 0 aromatic rings. The summed E-state index contributed by atoms with van der Waals surface area (Å²) in [6.07, 6.45) is -4.26. The third kappa shape index (κ3) is 35.8. The fourth-order valence-corrected chi connectivity index (χ4v) is 2.85. The maximum atomic E-state index is 9.35. The van der Waals surface area contributed by atoms with Crippen LogP contribution in [0.1, 0.15) is 0 Å². The van der Waals surface area contributed by atoms with Crippen molar-refractivity contribution in [1.82, 2.24) is 0 Å². The van der Waals surface area contributed by atoms with Gasteiger partial charge >= 0.3 is 0 Å². The zero-order valence-corrected chi connectivity index (χ0v) is 27.2. The highest BCUT2D eigenvalue weighted by atomic mass is 16.6. The number of aliphatic hydroxyl groups excluding tert-OH is 7. The molecule has 17 heteroatoms. The van der Waals surface area contributed by atoms with E-state index in [4.69, 9.17) is 72.9 Å². The standard InChI is InChI=1S/C11H24O7.2C8H18O5/c1-15-4-10(14)5-17-8-11(7-16-2)18-6-9(13)3-12;1-11-4-7(10)5-13-8(3-9)6-12-2;1-11-3-7(9)5-13-6-8(10)4-12-2/h9-14H,3-8H2,1-2H3;2*7-10H,3-6H2,1-2H3. The summed E-state index contributed by atoms with van der Waals surface area (Å²) in [5.41, 5.74) is 0. The Labute approximate surface area is 261 Å². The third-order valence-corrected chi connectivity index (χ3v) is 4.84. The molecule has 0 aliphatic heterocycles. The lowest BCUT2D eigenvalue weighted by atomic mass is 10.3. The van der Waals surface area contributed by atoms with Gasteiger partial charge in [0.2, 0.25) is 0 Å². The van der Waals surface area contributed by atoms with Crippen molar-refractivity contribution >= 4 is 0 Å². The molecule has 0 bridgehead atoms. The van der Waals surface area contributed by atoms with Gasteiger partial charge in [-0.2, -0.15) is 0 Å². The second-order valence-electron chi connectivity index (χ2n) is 9.35. The molecular weight excluding hydrogens is 596 g/mol. The SMILES string of the molecule is COCC(O)COC(CO)COC.COCC(O)COCC(COC)OCC(O)CO.COCC(O)COCC(O)COC. The van der Waals surface area contributed by atoms with Gasteiger partial charge < -0.3 is 83.1 Å². The van der Waals surface area contributed by atoms with Crippen LogP contribution in [-0.2, 0) is 47.4 Å². The Morgan fingerprint density at radius 2 is 0.659 bits per heavy atom. The molecular formula is C27H60O17. The molecule has 0 saturated heterocycles. The highest BCUT2D eigenvalue weighted by molar-refractivity contribution is 4.60. The van der Waals surface area contributed by atoms with E-state index in [1.165, 1.54) is 42.7 Å². The smallest absolute Gasteiger partial charge is 0.104 e. The maximum absolute atomic E-state index is 9.35. The van der Waals surface area contributed by atoms with Gasteiger partial charge in [-0.05, 0) is 0 Å². The van der Waals surface area contributed by atoms with Crippen molar-refractivity contribution in [3.8, 4) is 0 Å². The van der Waals surface area contributed by atoms with E-state index in [0.29, 0.717) is 13.2 Å². The first-order chi connectivity index (χ1) is 21.1. The molecule has 0 spiro atoms. The average Bonchev–Trinajstić information content (AvgIpc) is 2.99. The molecule has 270 valence electrons. The van der Waals surface area contributed by atoms with Crippen molar-refractivity contribution < 1.29 is 83.1 Å². The van der Waals surface area contributed by atoms with Crippen molar-refractivity contribution in [2.24, 2.45) is 0 Å². The van der Waals surface area contributed by atoms with Crippen molar-refractivity contribution in [1.29, 1.82) is 0 Å². The van der Waals surface area contributed by atoms with E-state index < -0.39 is 30.5 Å². The molecule has 7 atom stereocenters. The van der Waals surface area contributed by atoms with Crippen molar-refractivity contribution in [3.05, 3.63) is 0 Å². The van der Waals surface area contributed by atoms with E-state index in [9.17, 15) is 10.2 Å². The minimum atomic E-state index is -0.913. The largest absolute Gasteiger partial charge is 0.394 e. The molecule has 0 aromatic heterocycles. The molecule has 0 amide bonds. The monoisotopic (exact) mass is 656 g/mol. The fourth-order valence-electron chi connectivity index (χ4n) is 2.85. The van der Waals surface area contributed by atoms with Crippen LogP contribution in [0.5, 0.6) is 0 Å². The first kappa shape index (κ1) is 47.7. The minimum absolute atomic E-state index is 0.00844. The average molecular weight is 657 g/mol. The van der Waals surface area contributed by atoms with Crippen molar-refractivity contribution in [2.75, 3.05) is 135 Å². The molecule has 0 heterocycles. The van der Waals surface area contributed by atoms with Crippen molar-refractivity contribution in [2.45, 2.75) is 42.7 Å². The Bertz CT molecular complexity index is 525. The summed E-state index contributed by atoms with van der Waals surface area (Å²) in [6.45, 7) is 1.90. The van der Waals surface area contributed by atoms with Gasteiger partial charge in [-0.3, -0.25) is 0 Å². The van der Waals surface area contributed by atoms with Crippen LogP contribution in [0.4, 0.5) is 0 Å². The van der Waals surface area contributed by atoms with Crippen LogP contribution in [0.15, 0.2) is 0 Å². The van der Waals surface area contributed by atoms with Gasteiger partial charge in [0.05, 0.1) is 92.5 Å². The fraction of sp³-hybridized carbons (Fsp3) is 1.00. The molecule has 0 aliphatic carbocycles. The Morgan fingerprint density at radius 1 is 0.341 bits per heavy atom. The number of rotatable bonds is 28. The molecule has 7 unspecified atom stereocenters. The third-order valence-electron chi connectivity index (χ3n) is 4.84. The van der Waals surface area contributed by atoms with Gasteiger partial charge in [-0.15, -0.1) is 0 Å². The summed E-state index contributed by atoms with van der Waals surface area (Å²) in [5, 5.41) is 63.4. The number of methoxy groups -OCH3 is 6. The number of ether oxygens (including phenoxy) is 10. The molecule has 7 N–H and O–H groups in total. The predicted molar refractivity (Wildman–Crippen MR) is 157 cm³/mol. The lowest BCUT2D eigenvalue weighted by Crippen LogP contribution is -2.32. The molecule has 0 aliphatic rings. The van der Waals surface area contributed by atoms with Crippen LogP contribution >= 0.6 is 0 Å². The zero-order chi connectivity index (χ0) is 34.0. The van der Waals surface area contributed by atoms with E-state index in [1.54, 1.807) is 0 Å². The van der Waals surface area contributed by atoms with E-state index in [1.807, 2.05) is 0 Å². The van der Waals surface area contributed by atoms with E-state index in [0.717, 1.165) is 0 Å². The Hall–Kier alpha value is -0.680. The van der Waals surface area contributed by atoms with Gasteiger partial charge in [0, 0.05) is 42.7 Å².